The van der Waals surface area contributed by atoms with E-state index in [1.54, 1.807) is 0 Å². The third-order valence-corrected chi connectivity index (χ3v) is 6.98. The van der Waals surface area contributed by atoms with Crippen LogP contribution in [-0.4, -0.2) is 48.4 Å². The molecule has 3 aromatic rings. The Labute approximate surface area is 226 Å². The molecule has 3 aromatic carbocycles. The number of piperazine rings is 1. The van der Waals surface area contributed by atoms with Crippen molar-refractivity contribution in [2.75, 3.05) is 19.6 Å². The molecule has 2 N–H and O–H groups in total. The van der Waals surface area contributed by atoms with E-state index in [0.717, 1.165) is 54.2 Å². The van der Waals surface area contributed by atoms with Crippen LogP contribution in [0, 0.1) is 6.92 Å². The van der Waals surface area contributed by atoms with Gasteiger partial charge in [-0.1, -0.05) is 66.2 Å². The molecular weight excluding hydrogens is 474 g/mol. The first-order chi connectivity index (χ1) is 18.4. The fraction of sp³-hybridized carbons (Fsp3) is 0.375. The summed E-state index contributed by atoms with van der Waals surface area (Å²) in [5, 5.41) is 6.39. The Kier molecular flexibility index (Phi) is 9.55. The molecule has 1 aliphatic heterocycles. The van der Waals surface area contributed by atoms with Crippen molar-refractivity contribution in [2.45, 2.75) is 58.5 Å². The summed E-state index contributed by atoms with van der Waals surface area (Å²) in [5.41, 5.74) is 4.44. The van der Waals surface area contributed by atoms with E-state index in [1.807, 2.05) is 49.4 Å². The fourth-order valence-corrected chi connectivity index (χ4v) is 5.16. The third-order valence-electron chi connectivity index (χ3n) is 6.98. The van der Waals surface area contributed by atoms with Gasteiger partial charge in [0, 0.05) is 45.1 Å². The van der Waals surface area contributed by atoms with Gasteiger partial charge in [0.05, 0.1) is 0 Å². The lowest BCUT2D eigenvalue weighted by Gasteiger charge is -2.36. The second-order valence-corrected chi connectivity index (χ2v) is 10.3. The van der Waals surface area contributed by atoms with Crippen LogP contribution >= 0.6 is 0 Å². The predicted molar refractivity (Wildman–Crippen MR) is 152 cm³/mol. The van der Waals surface area contributed by atoms with Gasteiger partial charge in [-0.3, -0.25) is 9.59 Å². The van der Waals surface area contributed by atoms with Crippen LogP contribution in [-0.2, 0) is 28.9 Å². The molecule has 6 heteroatoms. The number of hydrogen-bond acceptors (Lipinski definition) is 4. The summed E-state index contributed by atoms with van der Waals surface area (Å²) in [6.45, 7) is 7.94. The third kappa shape index (κ3) is 7.68. The first-order valence-corrected chi connectivity index (χ1v) is 13.6. The molecule has 2 unspecified atom stereocenters. The maximum absolute atomic E-state index is 13.4. The quantitative estimate of drug-likeness (QED) is 0.407. The highest BCUT2D eigenvalue weighted by Crippen LogP contribution is 2.30. The monoisotopic (exact) mass is 513 g/mol. The van der Waals surface area contributed by atoms with Crippen LogP contribution < -0.4 is 15.4 Å². The molecule has 200 valence electrons. The van der Waals surface area contributed by atoms with Crippen LogP contribution in [0.2, 0.25) is 0 Å². The minimum atomic E-state index is -0.0446. The van der Waals surface area contributed by atoms with Gasteiger partial charge in [0.25, 0.3) is 0 Å². The molecule has 1 fully saturated rings. The fourth-order valence-electron chi connectivity index (χ4n) is 5.16. The van der Waals surface area contributed by atoms with Crippen LogP contribution in [0.5, 0.6) is 11.5 Å². The maximum Gasteiger partial charge on any atom is 0.223 e. The molecule has 0 spiro atoms. The number of carbonyl (C=O) groups excluding carboxylic acids is 2. The number of ether oxygens (including phenoxy) is 1. The number of hydrogen-bond donors (Lipinski definition) is 2. The lowest BCUT2D eigenvalue weighted by atomic mass is 10.0. The van der Waals surface area contributed by atoms with Crippen LogP contribution in [0.3, 0.4) is 0 Å². The maximum atomic E-state index is 13.4. The zero-order chi connectivity index (χ0) is 26.9. The Bertz CT molecular complexity index is 1230. The van der Waals surface area contributed by atoms with Gasteiger partial charge in [0.2, 0.25) is 11.8 Å². The SMILES string of the molecule is CC(=O)NC(C)Cc1ccccc1Oc1ccc(C)cc1CCC(=O)N1CCNCC1Cc1ccccc1. The second-order valence-electron chi connectivity index (χ2n) is 10.3. The molecule has 0 aliphatic carbocycles. The molecule has 4 rings (SSSR count). The molecule has 1 heterocycles. The Morgan fingerprint density at radius 1 is 1.03 bits per heavy atom. The molecule has 6 nitrogen and oxygen atoms in total. The van der Waals surface area contributed by atoms with Crippen molar-refractivity contribution in [3.63, 3.8) is 0 Å². The summed E-state index contributed by atoms with van der Waals surface area (Å²) in [5.74, 6) is 1.68. The first kappa shape index (κ1) is 27.4. The van der Waals surface area contributed by atoms with Gasteiger partial charge in [-0.15, -0.1) is 0 Å². The first-order valence-electron chi connectivity index (χ1n) is 13.6. The second kappa shape index (κ2) is 13.2. The van der Waals surface area contributed by atoms with Crippen LogP contribution in [0.4, 0.5) is 0 Å². The van der Waals surface area contributed by atoms with Crippen LogP contribution in [0.1, 0.15) is 42.5 Å². The summed E-state index contributed by atoms with van der Waals surface area (Å²) in [4.78, 5) is 26.9. The average molecular weight is 514 g/mol. The van der Waals surface area contributed by atoms with Gasteiger partial charge in [-0.05, 0) is 61.9 Å². The number of amides is 2. The summed E-state index contributed by atoms with van der Waals surface area (Å²) < 4.78 is 6.43. The smallest absolute Gasteiger partial charge is 0.223 e. The van der Waals surface area contributed by atoms with Crippen molar-refractivity contribution in [2.24, 2.45) is 0 Å². The Morgan fingerprint density at radius 3 is 2.55 bits per heavy atom. The molecule has 0 bridgehead atoms. The molecule has 0 aromatic heterocycles. The van der Waals surface area contributed by atoms with Gasteiger partial charge in [0.15, 0.2) is 0 Å². The minimum absolute atomic E-state index is 0.00442. The van der Waals surface area contributed by atoms with Gasteiger partial charge in [-0.2, -0.15) is 0 Å². The number of nitrogens with one attached hydrogen (secondary N) is 2. The minimum Gasteiger partial charge on any atom is -0.457 e. The van der Waals surface area contributed by atoms with Gasteiger partial charge in [-0.25, -0.2) is 0 Å². The van der Waals surface area contributed by atoms with E-state index in [0.29, 0.717) is 19.3 Å². The summed E-state index contributed by atoms with van der Waals surface area (Å²) in [6.07, 6.45) is 2.57. The molecule has 2 amide bonds. The Hall–Kier alpha value is -3.64. The van der Waals surface area contributed by atoms with Crippen molar-refractivity contribution < 1.29 is 14.3 Å². The van der Waals surface area contributed by atoms with Gasteiger partial charge >= 0.3 is 0 Å². The van der Waals surface area contributed by atoms with E-state index in [4.69, 9.17) is 4.74 Å². The van der Waals surface area contributed by atoms with Crippen LogP contribution in [0.15, 0.2) is 72.8 Å². The summed E-state index contributed by atoms with van der Waals surface area (Å²) in [6, 6.07) is 24.6. The molecule has 2 atom stereocenters. The standard InChI is InChI=1S/C32H39N3O3/c1-23-13-15-31(38-30-12-8-7-11-27(30)20-24(2)34-25(3)36)28(19-23)14-16-32(37)35-18-17-33-22-29(35)21-26-9-5-4-6-10-26/h4-13,15,19,24,29,33H,14,16-18,20-22H2,1-3H3,(H,34,36). The number of rotatable bonds is 10. The summed E-state index contributed by atoms with van der Waals surface area (Å²) >= 11 is 0. The van der Waals surface area contributed by atoms with E-state index in [9.17, 15) is 9.59 Å². The predicted octanol–water partition coefficient (Wildman–Crippen LogP) is 4.83. The number of carbonyl (C=O) groups is 2. The molecule has 38 heavy (non-hydrogen) atoms. The van der Waals surface area contributed by atoms with Crippen molar-refractivity contribution in [3.8, 4) is 11.5 Å². The van der Waals surface area contributed by atoms with E-state index in [2.05, 4.69) is 52.8 Å². The van der Waals surface area contributed by atoms with Crippen molar-refractivity contribution in [1.29, 1.82) is 0 Å². The van der Waals surface area contributed by atoms with E-state index in [1.165, 1.54) is 12.5 Å². The van der Waals surface area contributed by atoms with Crippen molar-refractivity contribution in [3.05, 3.63) is 95.1 Å². The highest BCUT2D eigenvalue weighted by atomic mass is 16.5. The highest BCUT2D eigenvalue weighted by Gasteiger charge is 2.26. The van der Waals surface area contributed by atoms with E-state index < -0.39 is 0 Å². The molecule has 0 saturated carbocycles. The van der Waals surface area contributed by atoms with Gasteiger partial charge < -0.3 is 20.3 Å². The Morgan fingerprint density at radius 2 is 1.76 bits per heavy atom. The van der Waals surface area contributed by atoms with Gasteiger partial charge in [0.1, 0.15) is 11.5 Å². The molecule has 1 saturated heterocycles. The average Bonchev–Trinajstić information content (AvgIpc) is 2.90. The topological polar surface area (TPSA) is 70.7 Å². The van der Waals surface area contributed by atoms with E-state index in [-0.39, 0.29) is 23.9 Å². The highest BCUT2D eigenvalue weighted by molar-refractivity contribution is 5.77. The number of nitrogens with zero attached hydrogens (tertiary/aromatic N) is 1. The van der Waals surface area contributed by atoms with Crippen molar-refractivity contribution >= 4 is 11.8 Å². The molecule has 1 aliphatic rings. The van der Waals surface area contributed by atoms with Crippen molar-refractivity contribution in [1.82, 2.24) is 15.5 Å². The summed E-state index contributed by atoms with van der Waals surface area (Å²) in [7, 11) is 0. The molecule has 0 radical (unpaired) electrons. The van der Waals surface area contributed by atoms with Crippen LogP contribution in [0.25, 0.3) is 0 Å². The zero-order valence-electron chi connectivity index (χ0n) is 22.7. The van der Waals surface area contributed by atoms with E-state index >= 15 is 0 Å². The lowest BCUT2D eigenvalue weighted by Crippen LogP contribution is -2.54. The molecular formula is C32H39N3O3. The Balaban J connectivity index is 1.45. The number of para-hydroxylation sites is 1. The number of aryl methyl sites for hydroxylation is 2. The largest absolute Gasteiger partial charge is 0.457 e. The number of benzene rings is 3. The normalized spacial score (nSPS) is 16.1. The lowest BCUT2D eigenvalue weighted by molar-refractivity contribution is -0.134. The zero-order valence-corrected chi connectivity index (χ0v) is 22.7.